The number of oxime groups is 1. The van der Waals surface area contributed by atoms with Crippen LogP contribution < -0.4 is 16.2 Å². The largest absolute Gasteiger partial charge is 0.386 e. The zero-order chi connectivity index (χ0) is 19.8. The van der Waals surface area contributed by atoms with Crippen molar-refractivity contribution in [1.82, 2.24) is 10.9 Å². The van der Waals surface area contributed by atoms with Crippen LogP contribution in [0.15, 0.2) is 41.6 Å². The summed E-state index contributed by atoms with van der Waals surface area (Å²) in [5.74, 6) is -0.502. The molecule has 0 fully saturated rings. The number of anilines is 1. The molecule has 2 aromatic rings. The highest BCUT2D eigenvalue weighted by Crippen LogP contribution is 2.25. The van der Waals surface area contributed by atoms with E-state index < -0.39 is 5.91 Å². The Morgan fingerprint density at radius 2 is 1.74 bits per heavy atom. The second-order valence-corrected chi connectivity index (χ2v) is 7.09. The van der Waals surface area contributed by atoms with Gasteiger partial charge in [0.25, 0.3) is 5.91 Å². The Hall–Kier alpha value is -1.77. The Balaban J connectivity index is 1.73. The van der Waals surface area contributed by atoms with Gasteiger partial charge in [0.2, 0.25) is 0 Å². The van der Waals surface area contributed by atoms with Crippen LogP contribution in [0.5, 0.6) is 0 Å². The number of nitrogens with zero attached hydrogens (tertiary/aromatic N) is 1. The SMILES string of the molecule is O=C(CO/N=C/c1cc(Cl)cc(Cl)c1)NNC(=S)Nc1cc(Cl)ccc1Cl. The van der Waals surface area contributed by atoms with Crippen LogP contribution >= 0.6 is 58.6 Å². The normalized spacial score (nSPS) is 10.5. The molecular weight excluding hydrogens is 454 g/mol. The fraction of sp³-hybridized carbons (Fsp3) is 0.0625. The highest BCUT2D eigenvalue weighted by atomic mass is 35.5. The summed E-state index contributed by atoms with van der Waals surface area (Å²) in [6, 6.07) is 9.74. The molecular formula is C16H12Cl4N4O2S. The predicted octanol–water partition coefficient (Wildman–Crippen LogP) is 4.67. The lowest BCUT2D eigenvalue weighted by atomic mass is 10.2. The smallest absolute Gasteiger partial charge is 0.279 e. The number of amides is 1. The fourth-order valence-corrected chi connectivity index (χ4v) is 2.79. The molecule has 0 heterocycles. The van der Waals surface area contributed by atoms with Crippen molar-refractivity contribution in [2.24, 2.45) is 5.16 Å². The minimum absolute atomic E-state index is 0.115. The molecule has 0 bridgehead atoms. The molecule has 0 radical (unpaired) electrons. The summed E-state index contributed by atoms with van der Waals surface area (Å²) < 4.78 is 0. The van der Waals surface area contributed by atoms with E-state index in [2.05, 4.69) is 21.3 Å². The zero-order valence-electron chi connectivity index (χ0n) is 13.4. The van der Waals surface area contributed by atoms with Gasteiger partial charge >= 0.3 is 0 Å². The van der Waals surface area contributed by atoms with Crippen LogP contribution in [-0.2, 0) is 9.63 Å². The number of carbonyl (C=O) groups excluding carboxylic acids is 1. The van der Waals surface area contributed by atoms with Crippen molar-refractivity contribution in [2.75, 3.05) is 11.9 Å². The fourth-order valence-electron chi connectivity index (χ4n) is 1.75. The molecule has 0 aliphatic heterocycles. The molecule has 2 rings (SSSR count). The summed E-state index contributed by atoms with van der Waals surface area (Å²) in [5.41, 5.74) is 5.98. The van der Waals surface area contributed by atoms with Crippen LogP contribution in [0, 0.1) is 0 Å². The highest BCUT2D eigenvalue weighted by molar-refractivity contribution is 7.80. The van der Waals surface area contributed by atoms with Crippen molar-refractivity contribution >= 4 is 81.5 Å². The minimum atomic E-state index is -0.502. The number of thiocarbonyl (C=S) groups is 1. The molecule has 27 heavy (non-hydrogen) atoms. The van der Waals surface area contributed by atoms with Gasteiger partial charge in [0, 0.05) is 15.1 Å². The summed E-state index contributed by atoms with van der Waals surface area (Å²) in [7, 11) is 0. The van der Waals surface area contributed by atoms with Crippen molar-refractivity contribution in [3.05, 3.63) is 62.1 Å². The molecule has 0 saturated carbocycles. The van der Waals surface area contributed by atoms with E-state index in [9.17, 15) is 4.79 Å². The molecule has 11 heteroatoms. The van der Waals surface area contributed by atoms with Crippen LogP contribution in [0.3, 0.4) is 0 Å². The summed E-state index contributed by atoms with van der Waals surface area (Å²) in [6.07, 6.45) is 1.38. The monoisotopic (exact) mass is 464 g/mol. The Morgan fingerprint density at radius 3 is 2.44 bits per heavy atom. The van der Waals surface area contributed by atoms with E-state index in [-0.39, 0.29) is 11.7 Å². The topological polar surface area (TPSA) is 74.8 Å². The van der Waals surface area contributed by atoms with E-state index in [4.69, 9.17) is 63.5 Å². The average Bonchev–Trinajstić information content (AvgIpc) is 2.59. The molecule has 0 saturated heterocycles. The Kier molecular flexibility index (Phi) is 8.40. The standard InChI is InChI=1S/C16H12Cl4N4O2S/c17-10-1-2-13(20)14(6-10)22-16(27)24-23-15(25)8-26-21-7-9-3-11(18)5-12(19)4-9/h1-7H,8H2,(H,23,25)(H2,22,24,27)/b21-7+. The highest BCUT2D eigenvalue weighted by Gasteiger charge is 2.06. The van der Waals surface area contributed by atoms with Crippen molar-refractivity contribution in [3.8, 4) is 0 Å². The molecule has 0 aliphatic carbocycles. The summed E-state index contributed by atoms with van der Waals surface area (Å²) in [4.78, 5) is 16.6. The minimum Gasteiger partial charge on any atom is -0.386 e. The van der Waals surface area contributed by atoms with Crippen LogP contribution in [0.25, 0.3) is 0 Å². The van der Waals surface area contributed by atoms with E-state index in [0.717, 1.165) is 0 Å². The van der Waals surface area contributed by atoms with Gasteiger partial charge in [-0.1, -0.05) is 51.6 Å². The maximum absolute atomic E-state index is 11.7. The van der Waals surface area contributed by atoms with Gasteiger partial charge in [-0.25, -0.2) is 0 Å². The van der Waals surface area contributed by atoms with Gasteiger partial charge in [-0.05, 0) is 54.2 Å². The van der Waals surface area contributed by atoms with E-state index in [1.165, 1.54) is 6.21 Å². The van der Waals surface area contributed by atoms with Crippen LogP contribution in [0.4, 0.5) is 5.69 Å². The molecule has 0 atom stereocenters. The van der Waals surface area contributed by atoms with Crippen molar-refractivity contribution in [3.63, 3.8) is 0 Å². The molecule has 3 N–H and O–H groups in total. The second kappa shape index (κ2) is 10.5. The lowest BCUT2D eigenvalue weighted by molar-refractivity contribution is -0.126. The average molecular weight is 466 g/mol. The number of hydrazine groups is 1. The molecule has 142 valence electrons. The van der Waals surface area contributed by atoms with Crippen LogP contribution in [-0.4, -0.2) is 23.8 Å². The maximum Gasteiger partial charge on any atom is 0.279 e. The molecule has 0 aromatic heterocycles. The number of halogens is 4. The first kappa shape index (κ1) is 21.5. The molecule has 2 aromatic carbocycles. The van der Waals surface area contributed by atoms with E-state index in [1.54, 1.807) is 36.4 Å². The quantitative estimate of drug-likeness (QED) is 0.340. The lowest BCUT2D eigenvalue weighted by Crippen LogP contribution is -2.45. The number of hydrogen-bond acceptors (Lipinski definition) is 4. The number of rotatable bonds is 5. The summed E-state index contributed by atoms with van der Waals surface area (Å²) >= 11 is 28.7. The molecule has 1 amide bonds. The van der Waals surface area contributed by atoms with Crippen molar-refractivity contribution < 1.29 is 9.63 Å². The predicted molar refractivity (Wildman–Crippen MR) is 114 cm³/mol. The summed E-state index contributed by atoms with van der Waals surface area (Å²) in [5, 5.41) is 8.42. The third-order valence-corrected chi connectivity index (χ3v) is 4.05. The molecule has 6 nitrogen and oxygen atoms in total. The molecule has 0 spiro atoms. The van der Waals surface area contributed by atoms with Gasteiger partial charge in [0.1, 0.15) is 0 Å². The van der Waals surface area contributed by atoms with Gasteiger partial charge in [-0.3, -0.25) is 15.6 Å². The van der Waals surface area contributed by atoms with Crippen LogP contribution in [0.1, 0.15) is 5.56 Å². The maximum atomic E-state index is 11.7. The third-order valence-electron chi connectivity index (χ3n) is 2.85. The first-order valence-corrected chi connectivity index (χ1v) is 9.18. The van der Waals surface area contributed by atoms with Gasteiger partial charge in [-0.2, -0.15) is 0 Å². The number of nitrogens with one attached hydrogen (secondary N) is 3. The number of carbonyl (C=O) groups is 1. The van der Waals surface area contributed by atoms with E-state index in [1.807, 2.05) is 0 Å². The van der Waals surface area contributed by atoms with Gasteiger partial charge < -0.3 is 10.2 Å². The Morgan fingerprint density at radius 1 is 1.04 bits per heavy atom. The van der Waals surface area contributed by atoms with Crippen LogP contribution in [0.2, 0.25) is 20.1 Å². The lowest BCUT2D eigenvalue weighted by Gasteiger charge is -2.12. The van der Waals surface area contributed by atoms with Gasteiger partial charge in [0.05, 0.1) is 16.9 Å². The zero-order valence-corrected chi connectivity index (χ0v) is 17.3. The summed E-state index contributed by atoms with van der Waals surface area (Å²) in [6.45, 7) is -0.335. The first-order chi connectivity index (χ1) is 12.8. The number of hydrogen-bond donors (Lipinski definition) is 3. The van der Waals surface area contributed by atoms with Crippen molar-refractivity contribution in [2.45, 2.75) is 0 Å². The third kappa shape index (κ3) is 7.78. The molecule has 0 unspecified atom stereocenters. The van der Waals surface area contributed by atoms with Gasteiger partial charge in [-0.15, -0.1) is 0 Å². The Bertz CT molecular complexity index is 859. The second-order valence-electron chi connectivity index (χ2n) is 4.96. The number of benzene rings is 2. The van der Waals surface area contributed by atoms with Crippen molar-refractivity contribution in [1.29, 1.82) is 0 Å². The van der Waals surface area contributed by atoms with Gasteiger partial charge in [0.15, 0.2) is 11.7 Å². The Labute approximate surface area is 180 Å². The van der Waals surface area contributed by atoms with E-state index in [0.29, 0.717) is 31.3 Å². The van der Waals surface area contributed by atoms with E-state index >= 15 is 0 Å². The molecule has 0 aliphatic rings. The first-order valence-electron chi connectivity index (χ1n) is 7.26.